The van der Waals surface area contributed by atoms with Crippen LogP contribution in [0.3, 0.4) is 0 Å². The van der Waals surface area contributed by atoms with Crippen LogP contribution in [0.25, 0.3) is 0 Å². The fourth-order valence-corrected chi connectivity index (χ4v) is 0.969. The molecular formula is C9H18N2O6. The molecule has 0 spiro atoms. The number of Topliss-reactive ketones (excluding diaryl/α,β-unsaturated/α-hetero) is 1. The van der Waals surface area contributed by atoms with Crippen molar-refractivity contribution < 1.29 is 30.0 Å². The molecule has 17 heavy (non-hydrogen) atoms. The Kier molecular flexibility index (Phi) is 6.85. The van der Waals surface area contributed by atoms with Crippen LogP contribution in [-0.2, 0) is 9.59 Å². The van der Waals surface area contributed by atoms with Gasteiger partial charge < -0.3 is 31.5 Å². The summed E-state index contributed by atoms with van der Waals surface area (Å²) in [5, 5.41) is 38.7. The number of nitrogens with one attached hydrogen (secondary N) is 1. The Morgan fingerprint density at radius 2 is 1.65 bits per heavy atom. The van der Waals surface area contributed by atoms with Gasteiger partial charge in [0.1, 0.15) is 6.10 Å². The second-order valence-electron chi connectivity index (χ2n) is 3.62. The van der Waals surface area contributed by atoms with E-state index in [2.05, 4.69) is 5.32 Å². The third-order valence-electron chi connectivity index (χ3n) is 2.16. The van der Waals surface area contributed by atoms with E-state index in [4.69, 9.17) is 15.9 Å². The lowest BCUT2D eigenvalue weighted by Gasteiger charge is -2.19. The van der Waals surface area contributed by atoms with E-state index in [9.17, 15) is 19.8 Å². The van der Waals surface area contributed by atoms with Gasteiger partial charge >= 0.3 is 0 Å². The topological polar surface area (TPSA) is 153 Å². The Balaban J connectivity index is 4.14. The highest BCUT2D eigenvalue weighted by molar-refractivity contribution is 5.90. The molecule has 0 rings (SSSR count). The summed E-state index contributed by atoms with van der Waals surface area (Å²) >= 11 is 0. The number of ketones is 1. The van der Waals surface area contributed by atoms with Gasteiger partial charge in [-0.1, -0.05) is 0 Å². The molecule has 8 nitrogen and oxygen atoms in total. The van der Waals surface area contributed by atoms with Crippen molar-refractivity contribution in [3.63, 3.8) is 0 Å². The zero-order chi connectivity index (χ0) is 13.6. The molecular weight excluding hydrogens is 232 g/mol. The Bertz CT molecular complexity index is 272. The smallest absolute Gasteiger partial charge is 0.252 e. The van der Waals surface area contributed by atoms with Crippen LogP contribution < -0.4 is 11.1 Å². The van der Waals surface area contributed by atoms with Gasteiger partial charge in [-0.25, -0.2) is 0 Å². The lowest BCUT2D eigenvalue weighted by molar-refractivity contribution is -0.144. The van der Waals surface area contributed by atoms with E-state index in [1.807, 2.05) is 0 Å². The summed E-state index contributed by atoms with van der Waals surface area (Å²) in [6.07, 6.45) is -6.21. The van der Waals surface area contributed by atoms with Gasteiger partial charge in [0.05, 0.1) is 12.2 Å². The van der Waals surface area contributed by atoms with Gasteiger partial charge in [-0.15, -0.1) is 0 Å². The number of hydrogen-bond donors (Lipinski definition) is 6. The summed E-state index contributed by atoms with van der Waals surface area (Å²) in [4.78, 5) is 21.9. The first-order chi connectivity index (χ1) is 7.81. The summed E-state index contributed by atoms with van der Waals surface area (Å²) in [6.45, 7) is 0.489. The highest BCUT2D eigenvalue weighted by Crippen LogP contribution is 1.96. The molecule has 0 aromatic carbocycles. The molecule has 0 fully saturated rings. The molecule has 0 aliphatic rings. The van der Waals surface area contributed by atoms with Crippen LogP contribution >= 0.6 is 0 Å². The van der Waals surface area contributed by atoms with Crippen molar-refractivity contribution in [3.05, 3.63) is 0 Å². The van der Waals surface area contributed by atoms with Crippen LogP contribution in [0.15, 0.2) is 0 Å². The first kappa shape index (κ1) is 15.9. The number of hydrogen-bond acceptors (Lipinski definition) is 7. The second kappa shape index (κ2) is 7.30. The molecule has 0 unspecified atom stereocenters. The molecule has 0 bridgehead atoms. The normalized spacial score (nSPS) is 18.0. The number of carbonyl (C=O) groups excluding carboxylic acids is 2. The van der Waals surface area contributed by atoms with E-state index < -0.39 is 36.1 Å². The van der Waals surface area contributed by atoms with Crippen molar-refractivity contribution in [2.45, 2.75) is 31.3 Å². The maximum atomic E-state index is 11.2. The Morgan fingerprint density at radius 3 is 2.06 bits per heavy atom. The van der Waals surface area contributed by atoms with Gasteiger partial charge in [0.25, 0.3) is 5.91 Å². The van der Waals surface area contributed by atoms with Crippen LogP contribution in [-0.4, -0.2) is 69.6 Å². The van der Waals surface area contributed by atoms with Crippen molar-refractivity contribution in [2.75, 3.05) is 13.1 Å². The highest BCUT2D eigenvalue weighted by Gasteiger charge is 2.28. The third kappa shape index (κ3) is 5.20. The molecule has 0 saturated heterocycles. The predicted molar refractivity (Wildman–Crippen MR) is 56.8 cm³/mol. The molecule has 8 heteroatoms. The predicted octanol–water partition coefficient (Wildman–Crippen LogP) is -3.91. The monoisotopic (exact) mass is 250 g/mol. The van der Waals surface area contributed by atoms with Gasteiger partial charge in [-0.3, -0.25) is 9.59 Å². The average Bonchev–Trinajstić information content (AvgIpc) is 2.32. The van der Waals surface area contributed by atoms with E-state index in [0.29, 0.717) is 0 Å². The number of amides is 1. The van der Waals surface area contributed by atoms with Crippen LogP contribution in [0.4, 0.5) is 0 Å². The summed E-state index contributed by atoms with van der Waals surface area (Å²) in [6, 6.07) is 0. The van der Waals surface area contributed by atoms with Gasteiger partial charge in [0.2, 0.25) is 0 Å². The fourth-order valence-electron chi connectivity index (χ4n) is 0.969. The van der Waals surface area contributed by atoms with Crippen molar-refractivity contribution in [1.29, 1.82) is 0 Å². The first-order valence-electron chi connectivity index (χ1n) is 5.01. The highest BCUT2D eigenvalue weighted by atomic mass is 16.3. The molecule has 0 radical (unpaired) electrons. The molecule has 0 saturated carbocycles. The summed E-state index contributed by atoms with van der Waals surface area (Å²) in [5.41, 5.74) is 5.07. The zero-order valence-corrected chi connectivity index (χ0v) is 9.41. The van der Waals surface area contributed by atoms with E-state index in [-0.39, 0.29) is 13.1 Å². The third-order valence-corrected chi connectivity index (χ3v) is 2.16. The minimum absolute atomic E-state index is 0.185. The molecule has 4 atom stereocenters. The SMILES string of the molecule is CC(=O)[C@H](O)[C@@H](O)C(=O)NC[C@H](O)[C@@H](O)CN. The molecule has 1 amide bonds. The van der Waals surface area contributed by atoms with Gasteiger partial charge in [-0.2, -0.15) is 0 Å². The van der Waals surface area contributed by atoms with Gasteiger partial charge in [0, 0.05) is 13.1 Å². The van der Waals surface area contributed by atoms with Gasteiger partial charge in [0.15, 0.2) is 11.9 Å². The van der Waals surface area contributed by atoms with Gasteiger partial charge in [-0.05, 0) is 6.92 Å². The fraction of sp³-hybridized carbons (Fsp3) is 0.778. The standard InChI is InChI=1S/C9H18N2O6/c1-4(12)7(15)8(16)9(17)11-3-6(14)5(13)2-10/h5-8,13-16H,2-3,10H2,1H3,(H,11,17)/t5-,6-,7-,8+/m0/s1. The van der Waals surface area contributed by atoms with Crippen molar-refractivity contribution in [2.24, 2.45) is 5.73 Å². The molecule has 0 aromatic rings. The van der Waals surface area contributed by atoms with Crippen molar-refractivity contribution in [1.82, 2.24) is 5.32 Å². The Hall–Kier alpha value is -1.06. The average molecular weight is 250 g/mol. The Morgan fingerprint density at radius 1 is 1.12 bits per heavy atom. The lowest BCUT2D eigenvalue weighted by Crippen LogP contribution is -2.49. The Labute approximate surface area is 98.0 Å². The van der Waals surface area contributed by atoms with E-state index >= 15 is 0 Å². The molecule has 0 heterocycles. The molecule has 0 aliphatic carbocycles. The maximum Gasteiger partial charge on any atom is 0.252 e. The molecule has 7 N–H and O–H groups in total. The van der Waals surface area contributed by atoms with E-state index in [0.717, 1.165) is 6.92 Å². The maximum absolute atomic E-state index is 11.2. The quantitative estimate of drug-likeness (QED) is 0.270. The number of carbonyl (C=O) groups is 2. The van der Waals surface area contributed by atoms with Crippen molar-refractivity contribution >= 4 is 11.7 Å². The van der Waals surface area contributed by atoms with E-state index in [1.54, 1.807) is 0 Å². The first-order valence-corrected chi connectivity index (χ1v) is 5.01. The van der Waals surface area contributed by atoms with Crippen LogP contribution in [0.5, 0.6) is 0 Å². The summed E-state index contributed by atoms with van der Waals surface area (Å²) < 4.78 is 0. The van der Waals surface area contributed by atoms with Crippen LogP contribution in [0.2, 0.25) is 0 Å². The lowest BCUT2D eigenvalue weighted by atomic mass is 10.1. The minimum Gasteiger partial charge on any atom is -0.389 e. The number of rotatable bonds is 7. The number of aliphatic hydroxyl groups is 4. The van der Waals surface area contributed by atoms with Crippen LogP contribution in [0.1, 0.15) is 6.92 Å². The van der Waals surface area contributed by atoms with Crippen molar-refractivity contribution in [3.8, 4) is 0 Å². The summed E-state index contributed by atoms with van der Waals surface area (Å²) in [5.74, 6) is -1.77. The second-order valence-corrected chi connectivity index (χ2v) is 3.62. The largest absolute Gasteiger partial charge is 0.389 e. The number of nitrogens with two attached hydrogens (primary N) is 1. The summed E-state index contributed by atoms with van der Waals surface area (Å²) in [7, 11) is 0. The van der Waals surface area contributed by atoms with Crippen LogP contribution in [0, 0.1) is 0 Å². The molecule has 0 aliphatic heterocycles. The minimum atomic E-state index is -1.91. The number of aliphatic hydroxyl groups excluding tert-OH is 4. The van der Waals surface area contributed by atoms with E-state index in [1.165, 1.54) is 0 Å². The zero-order valence-electron chi connectivity index (χ0n) is 9.41. The molecule has 100 valence electrons. The molecule has 0 aromatic heterocycles.